The minimum absolute atomic E-state index is 0.0411. The van der Waals surface area contributed by atoms with Crippen molar-refractivity contribution in [2.24, 2.45) is 0 Å². The highest BCUT2D eigenvalue weighted by molar-refractivity contribution is 5.65. The molecule has 0 fully saturated rings. The highest BCUT2D eigenvalue weighted by Crippen LogP contribution is 2.25. The van der Waals surface area contributed by atoms with E-state index in [2.05, 4.69) is 15.3 Å². The van der Waals surface area contributed by atoms with E-state index in [0.717, 1.165) is 18.5 Å². The van der Waals surface area contributed by atoms with Gasteiger partial charge in [-0.25, -0.2) is 9.37 Å². The second kappa shape index (κ2) is 6.13. The predicted octanol–water partition coefficient (Wildman–Crippen LogP) is 3.16. The largest absolute Gasteiger partial charge is 0.473 e. The standard InChI is InChI=1S/C14H12F2N4O/c1-8(2)21-14-12(16)13(18-7-19-14)20-11-4-3-10(15)5-9(11)6-17/h3-5,7-8H,1-2H3,(H,18,19,20). The molecule has 1 aromatic heterocycles. The molecule has 0 aliphatic carbocycles. The number of hydrogen-bond acceptors (Lipinski definition) is 5. The first-order chi connectivity index (χ1) is 10.0. The molecule has 0 radical (unpaired) electrons. The first-order valence-electron chi connectivity index (χ1n) is 6.15. The van der Waals surface area contributed by atoms with E-state index in [1.54, 1.807) is 13.8 Å². The summed E-state index contributed by atoms with van der Waals surface area (Å²) in [7, 11) is 0. The van der Waals surface area contributed by atoms with Gasteiger partial charge >= 0.3 is 0 Å². The Hall–Kier alpha value is -2.75. The minimum Gasteiger partial charge on any atom is -0.473 e. The maximum absolute atomic E-state index is 14.2. The molecule has 5 nitrogen and oxygen atoms in total. The zero-order chi connectivity index (χ0) is 15.4. The number of hydrogen-bond donors (Lipinski definition) is 1. The van der Waals surface area contributed by atoms with E-state index in [-0.39, 0.29) is 29.1 Å². The fourth-order valence-electron chi connectivity index (χ4n) is 1.59. The van der Waals surface area contributed by atoms with Crippen molar-refractivity contribution < 1.29 is 13.5 Å². The molecule has 0 amide bonds. The van der Waals surface area contributed by atoms with Gasteiger partial charge in [0, 0.05) is 0 Å². The highest BCUT2D eigenvalue weighted by atomic mass is 19.1. The van der Waals surface area contributed by atoms with Crippen molar-refractivity contribution in [1.82, 2.24) is 9.97 Å². The summed E-state index contributed by atoms with van der Waals surface area (Å²) in [4.78, 5) is 7.46. The summed E-state index contributed by atoms with van der Waals surface area (Å²) in [6, 6.07) is 5.36. The molecular formula is C14H12F2N4O. The Balaban J connectivity index is 2.34. The van der Waals surface area contributed by atoms with Gasteiger partial charge in [0.25, 0.3) is 5.88 Å². The number of halogens is 2. The Morgan fingerprint density at radius 2 is 2.05 bits per heavy atom. The third-order valence-corrected chi connectivity index (χ3v) is 2.46. The van der Waals surface area contributed by atoms with Gasteiger partial charge in [-0.1, -0.05) is 0 Å². The molecule has 7 heteroatoms. The van der Waals surface area contributed by atoms with Gasteiger partial charge in [0.05, 0.1) is 17.4 Å². The zero-order valence-corrected chi connectivity index (χ0v) is 11.4. The summed E-state index contributed by atoms with van der Waals surface area (Å²) >= 11 is 0. The number of rotatable bonds is 4. The first kappa shape index (κ1) is 14.7. The van der Waals surface area contributed by atoms with Gasteiger partial charge < -0.3 is 10.1 Å². The van der Waals surface area contributed by atoms with E-state index in [9.17, 15) is 8.78 Å². The Labute approximate surface area is 120 Å². The van der Waals surface area contributed by atoms with E-state index in [4.69, 9.17) is 10.00 Å². The maximum Gasteiger partial charge on any atom is 0.256 e. The lowest BCUT2D eigenvalue weighted by atomic mass is 10.2. The number of nitrogens with zero attached hydrogens (tertiary/aromatic N) is 3. The van der Waals surface area contributed by atoms with Crippen molar-refractivity contribution >= 4 is 11.5 Å². The van der Waals surface area contributed by atoms with E-state index in [0.29, 0.717) is 0 Å². The third-order valence-electron chi connectivity index (χ3n) is 2.46. The Morgan fingerprint density at radius 1 is 1.29 bits per heavy atom. The number of nitriles is 1. The number of benzene rings is 1. The van der Waals surface area contributed by atoms with Gasteiger partial charge in [-0.05, 0) is 32.0 Å². The molecule has 1 heterocycles. The van der Waals surface area contributed by atoms with Crippen LogP contribution in [-0.4, -0.2) is 16.1 Å². The summed E-state index contributed by atoms with van der Waals surface area (Å²) in [6.07, 6.45) is 0.890. The summed E-state index contributed by atoms with van der Waals surface area (Å²) in [6.45, 7) is 3.48. The van der Waals surface area contributed by atoms with Gasteiger partial charge in [0.2, 0.25) is 5.82 Å². The number of ether oxygens (including phenoxy) is 1. The number of aromatic nitrogens is 2. The molecule has 108 valence electrons. The smallest absolute Gasteiger partial charge is 0.256 e. The van der Waals surface area contributed by atoms with Crippen LogP contribution in [-0.2, 0) is 0 Å². The van der Waals surface area contributed by atoms with Gasteiger partial charge in [0.1, 0.15) is 18.2 Å². The third kappa shape index (κ3) is 3.42. The molecule has 0 spiro atoms. The lowest BCUT2D eigenvalue weighted by Crippen LogP contribution is -2.10. The molecule has 0 aliphatic rings. The van der Waals surface area contributed by atoms with Crippen LogP contribution in [0.5, 0.6) is 5.88 Å². The predicted molar refractivity (Wildman–Crippen MR) is 72.2 cm³/mol. The Morgan fingerprint density at radius 3 is 2.71 bits per heavy atom. The Bertz CT molecular complexity index is 698. The second-order valence-corrected chi connectivity index (χ2v) is 4.43. The fourth-order valence-corrected chi connectivity index (χ4v) is 1.59. The monoisotopic (exact) mass is 290 g/mol. The summed E-state index contributed by atoms with van der Waals surface area (Å²) in [5.41, 5.74) is 0.284. The molecular weight excluding hydrogens is 278 g/mol. The summed E-state index contributed by atoms with van der Waals surface area (Å²) in [5.74, 6) is -1.67. The van der Waals surface area contributed by atoms with Crippen LogP contribution in [0, 0.1) is 23.0 Å². The molecule has 1 aromatic carbocycles. The second-order valence-electron chi connectivity index (χ2n) is 4.43. The first-order valence-corrected chi connectivity index (χ1v) is 6.15. The van der Waals surface area contributed by atoms with Crippen molar-refractivity contribution in [3.8, 4) is 11.9 Å². The van der Waals surface area contributed by atoms with E-state index in [1.807, 2.05) is 6.07 Å². The molecule has 0 unspecified atom stereocenters. The van der Waals surface area contributed by atoms with Gasteiger partial charge in [-0.3, -0.25) is 0 Å². The van der Waals surface area contributed by atoms with Gasteiger partial charge in [-0.15, -0.1) is 0 Å². The number of nitrogens with one attached hydrogen (secondary N) is 1. The quantitative estimate of drug-likeness (QED) is 0.936. The summed E-state index contributed by atoms with van der Waals surface area (Å²) < 4.78 is 32.4. The van der Waals surface area contributed by atoms with Crippen molar-refractivity contribution in [2.75, 3.05) is 5.32 Å². The molecule has 1 N–H and O–H groups in total. The molecule has 0 saturated heterocycles. The molecule has 0 saturated carbocycles. The minimum atomic E-state index is -0.778. The molecule has 0 atom stereocenters. The van der Waals surface area contributed by atoms with Crippen LogP contribution >= 0.6 is 0 Å². The molecule has 0 bridgehead atoms. The van der Waals surface area contributed by atoms with Crippen molar-refractivity contribution in [3.63, 3.8) is 0 Å². The Kier molecular flexibility index (Phi) is 4.28. The molecule has 2 rings (SSSR count). The van der Waals surface area contributed by atoms with Crippen LogP contribution in [0.2, 0.25) is 0 Å². The van der Waals surface area contributed by atoms with Gasteiger partial charge in [-0.2, -0.15) is 14.6 Å². The molecule has 0 aliphatic heterocycles. The maximum atomic E-state index is 14.2. The van der Waals surface area contributed by atoms with Crippen molar-refractivity contribution in [3.05, 3.63) is 41.7 Å². The molecule has 2 aromatic rings. The normalized spacial score (nSPS) is 10.3. The van der Waals surface area contributed by atoms with Crippen LogP contribution in [0.15, 0.2) is 24.5 Å². The van der Waals surface area contributed by atoms with Crippen LogP contribution in [0.3, 0.4) is 0 Å². The topological polar surface area (TPSA) is 70.8 Å². The van der Waals surface area contributed by atoms with Crippen LogP contribution in [0.1, 0.15) is 19.4 Å². The van der Waals surface area contributed by atoms with Crippen molar-refractivity contribution in [2.45, 2.75) is 20.0 Å². The van der Waals surface area contributed by atoms with Crippen LogP contribution in [0.4, 0.5) is 20.3 Å². The zero-order valence-electron chi connectivity index (χ0n) is 11.4. The number of anilines is 2. The van der Waals surface area contributed by atoms with E-state index < -0.39 is 11.6 Å². The average Bonchev–Trinajstić information content (AvgIpc) is 2.44. The highest BCUT2D eigenvalue weighted by Gasteiger charge is 2.15. The summed E-state index contributed by atoms with van der Waals surface area (Å²) in [5, 5.41) is 11.6. The van der Waals surface area contributed by atoms with Gasteiger partial charge in [0.15, 0.2) is 5.82 Å². The van der Waals surface area contributed by atoms with E-state index >= 15 is 0 Å². The average molecular weight is 290 g/mol. The van der Waals surface area contributed by atoms with Crippen molar-refractivity contribution in [1.29, 1.82) is 5.26 Å². The lowest BCUT2D eigenvalue weighted by molar-refractivity contribution is 0.220. The molecule has 21 heavy (non-hydrogen) atoms. The SMILES string of the molecule is CC(C)Oc1ncnc(Nc2ccc(F)cc2C#N)c1F. The van der Waals surface area contributed by atoms with Crippen LogP contribution < -0.4 is 10.1 Å². The van der Waals surface area contributed by atoms with Crippen LogP contribution in [0.25, 0.3) is 0 Å². The lowest BCUT2D eigenvalue weighted by Gasteiger charge is -2.12. The van der Waals surface area contributed by atoms with E-state index in [1.165, 1.54) is 6.07 Å². The fraction of sp³-hybridized carbons (Fsp3) is 0.214.